The first kappa shape index (κ1) is 5.77. The van der Waals surface area contributed by atoms with Crippen molar-refractivity contribution >= 4 is 5.82 Å². The largest absolute Gasteiger partial charge is 0.382 e. The van der Waals surface area contributed by atoms with Gasteiger partial charge in [-0.15, -0.1) is 0 Å². The van der Waals surface area contributed by atoms with Gasteiger partial charge in [-0.05, 0) is 19.8 Å². The van der Waals surface area contributed by atoms with E-state index < -0.39 is 0 Å². The molecule has 1 heterocycles. The van der Waals surface area contributed by atoms with E-state index in [1.807, 2.05) is 13.1 Å². The Hall–Kier alpha value is -0.990. The molecule has 10 heavy (non-hydrogen) atoms. The van der Waals surface area contributed by atoms with Gasteiger partial charge in [0.05, 0.1) is 0 Å². The SMILES string of the molecule is Cc1nc(N)cn1C1CC1. The second kappa shape index (κ2) is 1.75. The number of aryl methyl sites for hydroxylation is 1. The molecule has 0 radical (unpaired) electrons. The van der Waals surface area contributed by atoms with Crippen LogP contribution in [-0.4, -0.2) is 9.55 Å². The van der Waals surface area contributed by atoms with Gasteiger partial charge in [0, 0.05) is 12.2 Å². The number of nitrogens with two attached hydrogens (primary N) is 1. The lowest BCUT2D eigenvalue weighted by Crippen LogP contribution is -1.93. The van der Waals surface area contributed by atoms with Gasteiger partial charge in [0.15, 0.2) is 0 Å². The first-order valence-electron chi connectivity index (χ1n) is 3.58. The smallest absolute Gasteiger partial charge is 0.141 e. The summed E-state index contributed by atoms with van der Waals surface area (Å²) >= 11 is 0. The Bertz CT molecular complexity index is 247. The fraction of sp³-hybridized carbons (Fsp3) is 0.571. The van der Waals surface area contributed by atoms with E-state index in [2.05, 4.69) is 9.55 Å². The minimum absolute atomic E-state index is 0.643. The fourth-order valence-electron chi connectivity index (χ4n) is 1.23. The van der Waals surface area contributed by atoms with Crippen LogP contribution in [0.1, 0.15) is 24.7 Å². The van der Waals surface area contributed by atoms with Gasteiger partial charge in [-0.3, -0.25) is 0 Å². The topological polar surface area (TPSA) is 43.8 Å². The molecule has 0 spiro atoms. The van der Waals surface area contributed by atoms with E-state index in [1.54, 1.807) is 0 Å². The molecule has 1 aliphatic carbocycles. The highest BCUT2D eigenvalue weighted by Crippen LogP contribution is 2.35. The zero-order chi connectivity index (χ0) is 7.14. The van der Waals surface area contributed by atoms with Crippen LogP contribution in [0.2, 0.25) is 0 Å². The van der Waals surface area contributed by atoms with Crippen molar-refractivity contribution in [3.63, 3.8) is 0 Å². The van der Waals surface area contributed by atoms with Gasteiger partial charge in [0.25, 0.3) is 0 Å². The van der Waals surface area contributed by atoms with Crippen LogP contribution < -0.4 is 5.73 Å². The van der Waals surface area contributed by atoms with Crippen molar-refractivity contribution in [1.29, 1.82) is 0 Å². The number of nitrogens with zero attached hydrogens (tertiary/aromatic N) is 2. The Morgan fingerprint density at radius 3 is 2.80 bits per heavy atom. The molecule has 0 amide bonds. The predicted molar refractivity (Wildman–Crippen MR) is 39.6 cm³/mol. The number of hydrogen-bond donors (Lipinski definition) is 1. The number of aromatic nitrogens is 2. The maximum atomic E-state index is 5.51. The minimum atomic E-state index is 0.643. The van der Waals surface area contributed by atoms with E-state index >= 15 is 0 Å². The van der Waals surface area contributed by atoms with Crippen LogP contribution in [0.3, 0.4) is 0 Å². The molecule has 1 aliphatic rings. The second-order valence-electron chi connectivity index (χ2n) is 2.85. The Morgan fingerprint density at radius 1 is 1.70 bits per heavy atom. The first-order valence-corrected chi connectivity index (χ1v) is 3.58. The molecule has 0 unspecified atom stereocenters. The van der Waals surface area contributed by atoms with Gasteiger partial charge < -0.3 is 10.3 Å². The van der Waals surface area contributed by atoms with Crippen LogP contribution >= 0.6 is 0 Å². The Morgan fingerprint density at radius 2 is 2.40 bits per heavy atom. The molecular weight excluding hydrogens is 126 g/mol. The number of imidazole rings is 1. The third-order valence-corrected chi connectivity index (χ3v) is 1.88. The molecular formula is C7H11N3. The third kappa shape index (κ3) is 0.781. The third-order valence-electron chi connectivity index (χ3n) is 1.88. The highest BCUT2D eigenvalue weighted by Gasteiger charge is 2.24. The monoisotopic (exact) mass is 137 g/mol. The van der Waals surface area contributed by atoms with Gasteiger partial charge in [0.2, 0.25) is 0 Å². The average molecular weight is 137 g/mol. The van der Waals surface area contributed by atoms with Crippen LogP contribution in [0.5, 0.6) is 0 Å². The van der Waals surface area contributed by atoms with Crippen molar-refractivity contribution in [2.24, 2.45) is 0 Å². The normalized spacial score (nSPS) is 17.7. The molecule has 2 rings (SSSR count). The van der Waals surface area contributed by atoms with E-state index in [4.69, 9.17) is 5.73 Å². The summed E-state index contributed by atoms with van der Waals surface area (Å²) in [4.78, 5) is 4.11. The molecule has 0 bridgehead atoms. The highest BCUT2D eigenvalue weighted by molar-refractivity contribution is 5.26. The zero-order valence-corrected chi connectivity index (χ0v) is 6.04. The van der Waals surface area contributed by atoms with Crippen molar-refractivity contribution in [2.75, 3.05) is 5.73 Å². The quantitative estimate of drug-likeness (QED) is 0.630. The summed E-state index contributed by atoms with van der Waals surface area (Å²) in [6.45, 7) is 1.99. The van der Waals surface area contributed by atoms with Crippen molar-refractivity contribution < 1.29 is 0 Å². The number of hydrogen-bond acceptors (Lipinski definition) is 2. The highest BCUT2D eigenvalue weighted by atomic mass is 15.1. The maximum Gasteiger partial charge on any atom is 0.141 e. The summed E-state index contributed by atoms with van der Waals surface area (Å²) in [5, 5.41) is 0. The molecule has 54 valence electrons. The van der Waals surface area contributed by atoms with Crippen LogP contribution in [-0.2, 0) is 0 Å². The fourth-order valence-corrected chi connectivity index (χ4v) is 1.23. The average Bonchev–Trinajstić information content (AvgIpc) is 2.61. The summed E-state index contributed by atoms with van der Waals surface area (Å²) in [7, 11) is 0. The molecule has 0 saturated heterocycles. The van der Waals surface area contributed by atoms with Crippen molar-refractivity contribution in [1.82, 2.24) is 9.55 Å². The lowest BCUT2D eigenvalue weighted by Gasteiger charge is -1.97. The molecule has 0 atom stereocenters. The van der Waals surface area contributed by atoms with Crippen molar-refractivity contribution in [3.05, 3.63) is 12.0 Å². The van der Waals surface area contributed by atoms with E-state index in [9.17, 15) is 0 Å². The van der Waals surface area contributed by atoms with Gasteiger partial charge >= 0.3 is 0 Å². The lowest BCUT2D eigenvalue weighted by atomic mass is 10.6. The van der Waals surface area contributed by atoms with Crippen molar-refractivity contribution in [3.8, 4) is 0 Å². The predicted octanol–water partition coefficient (Wildman–Crippen LogP) is 1.11. The van der Waals surface area contributed by atoms with E-state index in [1.165, 1.54) is 12.8 Å². The van der Waals surface area contributed by atoms with E-state index in [0.717, 1.165) is 5.82 Å². The molecule has 1 fully saturated rings. The summed E-state index contributed by atoms with van der Waals surface area (Å²) < 4.78 is 2.16. The van der Waals surface area contributed by atoms with Crippen LogP contribution in [0.4, 0.5) is 5.82 Å². The number of anilines is 1. The number of rotatable bonds is 1. The molecule has 1 aromatic heterocycles. The second-order valence-corrected chi connectivity index (χ2v) is 2.85. The molecule has 3 nitrogen and oxygen atoms in total. The van der Waals surface area contributed by atoms with E-state index in [0.29, 0.717) is 11.9 Å². The lowest BCUT2D eigenvalue weighted by molar-refractivity contribution is 0.711. The van der Waals surface area contributed by atoms with Gasteiger partial charge in [-0.25, -0.2) is 4.98 Å². The summed E-state index contributed by atoms with van der Waals surface area (Å²) in [6, 6.07) is 0.699. The minimum Gasteiger partial charge on any atom is -0.382 e. The Balaban J connectivity index is 2.38. The summed E-state index contributed by atoms with van der Waals surface area (Å²) in [5.74, 6) is 1.68. The first-order chi connectivity index (χ1) is 4.77. The summed E-state index contributed by atoms with van der Waals surface area (Å²) in [5.41, 5.74) is 5.51. The van der Waals surface area contributed by atoms with Crippen LogP contribution in [0, 0.1) is 6.92 Å². The zero-order valence-electron chi connectivity index (χ0n) is 6.04. The Kier molecular flexibility index (Phi) is 1.01. The molecule has 0 aliphatic heterocycles. The Labute approximate surface area is 59.9 Å². The van der Waals surface area contributed by atoms with Crippen molar-refractivity contribution in [2.45, 2.75) is 25.8 Å². The molecule has 1 saturated carbocycles. The van der Waals surface area contributed by atoms with Gasteiger partial charge in [-0.2, -0.15) is 0 Å². The molecule has 3 heteroatoms. The molecule has 1 aromatic rings. The van der Waals surface area contributed by atoms with Crippen LogP contribution in [0.15, 0.2) is 6.20 Å². The summed E-state index contributed by atoms with van der Waals surface area (Å²) in [6.07, 6.45) is 4.50. The molecule has 2 N–H and O–H groups in total. The molecule has 0 aromatic carbocycles. The maximum absolute atomic E-state index is 5.51. The number of nitrogen functional groups attached to an aromatic ring is 1. The van der Waals surface area contributed by atoms with E-state index in [-0.39, 0.29) is 0 Å². The van der Waals surface area contributed by atoms with Gasteiger partial charge in [0.1, 0.15) is 11.6 Å². The standard InChI is InChI=1S/C7H11N3/c1-5-9-7(8)4-10(5)6-2-3-6/h4,6H,2-3,8H2,1H3. The van der Waals surface area contributed by atoms with Gasteiger partial charge in [-0.1, -0.05) is 0 Å². The van der Waals surface area contributed by atoms with Crippen LogP contribution in [0.25, 0.3) is 0 Å².